The van der Waals surface area contributed by atoms with Crippen molar-refractivity contribution in [3.05, 3.63) is 135 Å². The Morgan fingerprint density at radius 2 is 1.65 bits per heavy atom. The molecule has 0 unspecified atom stereocenters. The number of phenolic OH excluding ortho intramolecular Hbond substituents is 1. The second-order valence-corrected chi connectivity index (χ2v) is 15.0. The van der Waals surface area contributed by atoms with Gasteiger partial charge in [0.25, 0.3) is 11.8 Å². The third-order valence-electron chi connectivity index (χ3n) is 11.4. The van der Waals surface area contributed by atoms with Gasteiger partial charge in [0.2, 0.25) is 11.8 Å². The van der Waals surface area contributed by atoms with Crippen LogP contribution in [0.25, 0.3) is 6.08 Å². The number of allylic oxidation sites excluding steroid dienone is 3. The Bertz CT molecular complexity index is 2290. The second-order valence-electron chi connectivity index (χ2n) is 14.2. The number of benzene rings is 4. The molecule has 0 bridgehead atoms. The van der Waals surface area contributed by atoms with Gasteiger partial charge in [-0.1, -0.05) is 71.3 Å². The summed E-state index contributed by atoms with van der Waals surface area (Å²) < 4.78 is 19.2. The number of hydrogen-bond acceptors (Lipinski definition) is 7. The van der Waals surface area contributed by atoms with Crippen LogP contribution in [-0.4, -0.2) is 40.9 Å². The normalized spacial score (nSPS) is 26.2. The Labute approximate surface area is 320 Å². The molecule has 2 N–H and O–H groups in total. The van der Waals surface area contributed by atoms with Crippen molar-refractivity contribution in [3.8, 4) is 11.5 Å². The Kier molecular flexibility index (Phi) is 8.86. The van der Waals surface area contributed by atoms with Crippen LogP contribution >= 0.6 is 23.2 Å². The first-order chi connectivity index (χ1) is 25.9. The fourth-order valence-electron chi connectivity index (χ4n) is 8.88. The molecule has 2 aliphatic heterocycles. The van der Waals surface area contributed by atoms with Gasteiger partial charge in [-0.3, -0.25) is 24.6 Å². The summed E-state index contributed by atoms with van der Waals surface area (Å²) in [6.45, 7) is 1.83. The van der Waals surface area contributed by atoms with E-state index in [9.17, 15) is 23.9 Å². The number of carbonyl (C=O) groups excluding carboxylic acids is 4. The number of anilines is 2. The van der Waals surface area contributed by atoms with Gasteiger partial charge in [-0.2, -0.15) is 5.01 Å². The van der Waals surface area contributed by atoms with Gasteiger partial charge in [0.1, 0.15) is 5.82 Å². The number of rotatable bonds is 7. The van der Waals surface area contributed by atoms with E-state index in [0.717, 1.165) is 16.1 Å². The molecule has 274 valence electrons. The molecule has 1 saturated carbocycles. The number of hydrazine groups is 1. The smallest absolute Gasteiger partial charge is 0.260 e. The Morgan fingerprint density at radius 3 is 2.35 bits per heavy atom. The molecular weight excluding hydrogens is 732 g/mol. The van der Waals surface area contributed by atoms with Crippen molar-refractivity contribution in [2.45, 2.75) is 25.2 Å². The maximum Gasteiger partial charge on any atom is 0.260 e. The zero-order chi connectivity index (χ0) is 38.1. The molecule has 54 heavy (non-hydrogen) atoms. The van der Waals surface area contributed by atoms with Gasteiger partial charge < -0.3 is 9.84 Å². The number of phenols is 1. The number of nitrogens with one attached hydrogen (secondary N) is 1. The number of nitrogens with zero attached hydrogens (tertiary/aromatic N) is 2. The molecular formula is C42H34Cl2FN3O6. The fourth-order valence-corrected chi connectivity index (χ4v) is 9.18. The van der Waals surface area contributed by atoms with Crippen molar-refractivity contribution < 1.29 is 33.4 Å². The lowest BCUT2D eigenvalue weighted by Crippen LogP contribution is -2.54. The highest BCUT2D eigenvalue weighted by Gasteiger charge is 2.69. The number of aromatic hydroxyl groups is 1. The molecule has 2 saturated heterocycles. The number of hydrogen-bond donors (Lipinski definition) is 2. The van der Waals surface area contributed by atoms with Crippen LogP contribution in [0.3, 0.4) is 0 Å². The number of halogens is 3. The molecule has 6 atom stereocenters. The zero-order valence-corrected chi connectivity index (χ0v) is 30.6. The van der Waals surface area contributed by atoms with Gasteiger partial charge in [-0.05, 0) is 103 Å². The minimum Gasteiger partial charge on any atom is -0.504 e. The predicted molar refractivity (Wildman–Crippen MR) is 202 cm³/mol. The van der Waals surface area contributed by atoms with Crippen molar-refractivity contribution in [2.24, 2.45) is 29.6 Å². The number of fused-ring (bicyclic) bond motifs is 4. The van der Waals surface area contributed by atoms with Gasteiger partial charge in [0, 0.05) is 16.0 Å². The summed E-state index contributed by atoms with van der Waals surface area (Å²) in [6, 6.07) is 22.1. The third kappa shape index (κ3) is 5.50. The molecule has 0 radical (unpaired) electrons. The first kappa shape index (κ1) is 35.6. The van der Waals surface area contributed by atoms with E-state index in [-0.39, 0.29) is 36.2 Å². The van der Waals surface area contributed by atoms with Gasteiger partial charge in [-0.15, -0.1) is 0 Å². The lowest BCUT2D eigenvalue weighted by molar-refractivity contribution is -0.139. The van der Waals surface area contributed by atoms with Gasteiger partial charge in [0.15, 0.2) is 11.5 Å². The summed E-state index contributed by atoms with van der Waals surface area (Å²) in [5, 5.41) is 12.1. The van der Waals surface area contributed by atoms with E-state index in [1.54, 1.807) is 60.7 Å². The second kappa shape index (κ2) is 13.4. The van der Waals surface area contributed by atoms with Crippen LogP contribution in [0, 0.1) is 42.3 Å². The Balaban J connectivity index is 1.30. The van der Waals surface area contributed by atoms with Crippen LogP contribution < -0.4 is 15.1 Å². The molecule has 0 aromatic heterocycles. The number of imide groups is 2. The summed E-state index contributed by atoms with van der Waals surface area (Å²) >= 11 is 12.8. The highest BCUT2D eigenvalue weighted by Crippen LogP contribution is 2.61. The van der Waals surface area contributed by atoms with E-state index in [1.807, 2.05) is 19.1 Å². The lowest BCUT2D eigenvalue weighted by Gasteiger charge is -2.49. The van der Waals surface area contributed by atoms with Crippen molar-refractivity contribution in [1.82, 2.24) is 5.01 Å². The molecule has 4 aromatic rings. The first-order valence-corrected chi connectivity index (χ1v) is 18.3. The third-order valence-corrected chi connectivity index (χ3v) is 12.1. The number of carbonyl (C=O) groups is 4. The maximum atomic E-state index is 15.2. The van der Waals surface area contributed by atoms with Crippen molar-refractivity contribution in [1.29, 1.82) is 0 Å². The number of amides is 4. The van der Waals surface area contributed by atoms with E-state index < -0.39 is 52.6 Å². The zero-order valence-electron chi connectivity index (χ0n) is 29.1. The number of aryl methyl sites for hydroxylation is 1. The fraction of sp³-hybridized carbons (Fsp3) is 0.238. The average Bonchev–Trinajstić information content (AvgIpc) is 3.54. The van der Waals surface area contributed by atoms with Crippen LogP contribution in [0.2, 0.25) is 10.0 Å². The summed E-state index contributed by atoms with van der Waals surface area (Å²) in [5.41, 5.74) is 4.88. The van der Waals surface area contributed by atoms with Crippen LogP contribution in [-0.2, 0) is 24.6 Å². The van der Waals surface area contributed by atoms with Gasteiger partial charge >= 0.3 is 0 Å². The molecule has 2 heterocycles. The maximum absolute atomic E-state index is 15.2. The molecule has 9 nitrogen and oxygen atoms in total. The van der Waals surface area contributed by atoms with Gasteiger partial charge in [-0.25, -0.2) is 9.29 Å². The largest absolute Gasteiger partial charge is 0.504 e. The number of ether oxygens (including phenoxy) is 1. The van der Waals surface area contributed by atoms with Crippen molar-refractivity contribution in [2.75, 3.05) is 17.4 Å². The van der Waals surface area contributed by atoms with E-state index in [0.29, 0.717) is 32.5 Å². The lowest BCUT2D eigenvalue weighted by atomic mass is 9.50. The summed E-state index contributed by atoms with van der Waals surface area (Å²) in [4.78, 5) is 59.7. The molecule has 4 aromatic carbocycles. The van der Waals surface area contributed by atoms with Crippen molar-refractivity contribution >= 4 is 64.3 Å². The highest BCUT2D eigenvalue weighted by molar-refractivity contribution is 6.32. The molecule has 4 amide bonds. The van der Waals surface area contributed by atoms with Crippen molar-refractivity contribution in [3.63, 3.8) is 0 Å². The number of methoxy groups -OCH3 is 1. The van der Waals surface area contributed by atoms with E-state index in [1.165, 1.54) is 42.3 Å². The van der Waals surface area contributed by atoms with E-state index >= 15 is 4.79 Å². The minimum absolute atomic E-state index is 0.0472. The summed E-state index contributed by atoms with van der Waals surface area (Å²) in [7, 11) is 1.44. The van der Waals surface area contributed by atoms with E-state index in [2.05, 4.69) is 5.43 Å². The Hall–Kier alpha value is -5.45. The summed E-state index contributed by atoms with van der Waals surface area (Å²) in [6.07, 6.45) is 5.96. The Morgan fingerprint density at radius 1 is 0.907 bits per heavy atom. The highest BCUT2D eigenvalue weighted by atomic mass is 35.5. The monoisotopic (exact) mass is 765 g/mol. The van der Waals surface area contributed by atoms with E-state index in [4.69, 9.17) is 27.9 Å². The average molecular weight is 767 g/mol. The van der Waals surface area contributed by atoms with Crippen LogP contribution in [0.15, 0.2) is 103 Å². The molecule has 4 aliphatic rings. The minimum atomic E-state index is -1.52. The topological polar surface area (TPSA) is 116 Å². The SMILES string of the molecule is COc1cc(C=C[C@H]2C3=CC[C@@H]4C(=O)N(c5ccc(C)c(Cl)c5)C(=O)[C@@H]4[C@@H]3C[C@H]3C(=O)N(Nc4ccc(F)cc4)C(=O)[C@@]23c2ccc(Cl)cc2)ccc1O. The first-order valence-electron chi connectivity index (χ1n) is 17.5. The summed E-state index contributed by atoms with van der Waals surface area (Å²) in [5.74, 6) is -5.90. The standard InChI is InChI=1S/C42H34Cl2FN3O6/c1-22-3-14-28(20-34(22)44)47-38(50)30-16-15-29-31(37(30)40(47)52)21-33-39(51)48(46-27-12-10-26(45)11-13-27)41(53)42(33,24-6-8-25(43)9-7-24)32(29)17-4-23-5-18-35(49)36(19-23)54-2/h3-15,17-20,30-33,37,46,49H,16,21H2,1-2H3/t30-,31+,32-,33-,37-,42-/m0/s1. The molecule has 0 spiro atoms. The van der Waals surface area contributed by atoms with Crippen LogP contribution in [0.5, 0.6) is 11.5 Å². The molecule has 12 heteroatoms. The van der Waals surface area contributed by atoms with Gasteiger partial charge in [0.05, 0.1) is 41.7 Å². The van der Waals surface area contributed by atoms with Crippen LogP contribution in [0.1, 0.15) is 29.5 Å². The molecule has 2 aliphatic carbocycles. The molecule has 8 rings (SSSR count). The molecule has 3 fully saturated rings. The predicted octanol–water partition coefficient (Wildman–Crippen LogP) is 7.89. The quantitative estimate of drug-likeness (QED) is 0.145. The van der Waals surface area contributed by atoms with Crippen LogP contribution in [0.4, 0.5) is 15.8 Å².